The number of amides is 1. The Labute approximate surface area is 159 Å². The molecule has 1 amide bonds. The molecule has 0 radical (unpaired) electrons. The fourth-order valence-electron chi connectivity index (χ4n) is 2.28. The maximum atomic E-state index is 11.9. The van der Waals surface area contributed by atoms with E-state index in [0.29, 0.717) is 17.9 Å². The van der Waals surface area contributed by atoms with Gasteiger partial charge in [-0.05, 0) is 49.7 Å². The summed E-state index contributed by atoms with van der Waals surface area (Å²) in [6.45, 7) is 2.52. The average Bonchev–Trinajstić information content (AvgIpc) is 3.29. The molecule has 0 aliphatic rings. The third kappa shape index (κ3) is 4.91. The summed E-state index contributed by atoms with van der Waals surface area (Å²) in [5.41, 5.74) is 1.58. The van der Waals surface area contributed by atoms with Crippen LogP contribution in [0.2, 0.25) is 0 Å². The zero-order valence-corrected chi connectivity index (χ0v) is 15.8. The van der Waals surface area contributed by atoms with Gasteiger partial charge in [0, 0.05) is 16.8 Å². The Morgan fingerprint density at radius 3 is 2.77 bits per heavy atom. The van der Waals surface area contributed by atoms with Crippen molar-refractivity contribution in [3.05, 3.63) is 57.2 Å². The monoisotopic (exact) mass is 383 g/mol. The molecule has 132 valence electrons. The molecule has 0 aliphatic carbocycles. The molecule has 0 unspecified atom stereocenters. The third-order valence-electron chi connectivity index (χ3n) is 3.58. The molecule has 0 saturated carbocycles. The lowest BCUT2D eigenvalue weighted by atomic mass is 10.2. The van der Waals surface area contributed by atoms with Crippen LogP contribution in [0.5, 0.6) is 5.75 Å². The van der Waals surface area contributed by atoms with Crippen LogP contribution in [0.25, 0.3) is 10.6 Å². The number of hydrogen-bond donors (Lipinski definition) is 1. The van der Waals surface area contributed by atoms with E-state index in [4.69, 9.17) is 10.00 Å². The van der Waals surface area contributed by atoms with Crippen molar-refractivity contribution < 1.29 is 9.53 Å². The van der Waals surface area contributed by atoms with E-state index in [2.05, 4.69) is 27.8 Å². The first-order chi connectivity index (χ1) is 12.6. The lowest BCUT2D eigenvalue weighted by Gasteiger charge is -2.07. The van der Waals surface area contributed by atoms with Crippen LogP contribution in [0.4, 0.5) is 0 Å². The summed E-state index contributed by atoms with van der Waals surface area (Å²) in [5, 5.41) is 14.7. The third-order valence-corrected chi connectivity index (χ3v) is 5.52. The Bertz CT molecular complexity index is 923. The van der Waals surface area contributed by atoms with Gasteiger partial charge in [0.25, 0.3) is 5.91 Å². The smallest absolute Gasteiger partial charge is 0.257 e. The van der Waals surface area contributed by atoms with Crippen LogP contribution in [0, 0.1) is 18.3 Å². The number of aryl methyl sites for hydroxylation is 1. The van der Waals surface area contributed by atoms with Crippen LogP contribution in [0.1, 0.15) is 15.4 Å². The van der Waals surface area contributed by atoms with Gasteiger partial charge >= 0.3 is 0 Å². The zero-order valence-electron chi connectivity index (χ0n) is 14.2. The second kappa shape index (κ2) is 8.61. The Kier molecular flexibility index (Phi) is 6.00. The van der Waals surface area contributed by atoms with Crippen molar-refractivity contribution in [3.8, 4) is 22.4 Å². The fraction of sp³-hybridized carbons (Fsp3) is 0.211. The number of carbonyl (C=O) groups is 1. The molecular formula is C19H17N3O2S2. The molecular weight excluding hydrogens is 366 g/mol. The molecule has 1 N–H and O–H groups in total. The molecule has 2 aromatic heterocycles. The van der Waals surface area contributed by atoms with Crippen molar-refractivity contribution in [3.63, 3.8) is 0 Å². The van der Waals surface area contributed by atoms with E-state index in [1.165, 1.54) is 4.88 Å². The summed E-state index contributed by atoms with van der Waals surface area (Å²) in [5.74, 6) is 0.405. The Morgan fingerprint density at radius 2 is 2.08 bits per heavy atom. The van der Waals surface area contributed by atoms with Gasteiger partial charge in [-0.2, -0.15) is 5.26 Å². The maximum Gasteiger partial charge on any atom is 0.257 e. The van der Waals surface area contributed by atoms with Crippen LogP contribution in [0.15, 0.2) is 41.8 Å². The average molecular weight is 383 g/mol. The summed E-state index contributed by atoms with van der Waals surface area (Å²) in [6, 6.07) is 12.9. The first kappa shape index (κ1) is 18.1. The number of thiophene rings is 1. The summed E-state index contributed by atoms with van der Waals surface area (Å²) in [4.78, 5) is 18.7. The first-order valence-electron chi connectivity index (χ1n) is 8.05. The van der Waals surface area contributed by atoms with Crippen molar-refractivity contribution in [2.24, 2.45) is 0 Å². The standard InChI is InChI=1S/C19H17N3O2S2/c1-13-22-17(12-25-13)18-7-6-16(26-18)8-9-21-19(23)11-24-15-4-2-14(10-20)3-5-15/h2-7,12H,8-9,11H2,1H3,(H,21,23). The van der Waals surface area contributed by atoms with Crippen LogP contribution in [-0.2, 0) is 11.2 Å². The molecule has 0 spiro atoms. The van der Waals surface area contributed by atoms with E-state index in [1.807, 2.05) is 13.0 Å². The number of carbonyl (C=O) groups excluding carboxylic acids is 1. The number of nitriles is 1. The van der Waals surface area contributed by atoms with E-state index in [9.17, 15) is 4.79 Å². The van der Waals surface area contributed by atoms with Gasteiger partial charge in [0.2, 0.25) is 0 Å². The van der Waals surface area contributed by atoms with Gasteiger partial charge < -0.3 is 10.1 Å². The number of nitrogens with zero attached hydrogens (tertiary/aromatic N) is 2. The largest absolute Gasteiger partial charge is 0.484 e. The van der Waals surface area contributed by atoms with E-state index in [-0.39, 0.29) is 12.5 Å². The maximum absolute atomic E-state index is 11.9. The number of hydrogen-bond acceptors (Lipinski definition) is 6. The lowest BCUT2D eigenvalue weighted by Crippen LogP contribution is -2.30. The van der Waals surface area contributed by atoms with Gasteiger partial charge in [-0.15, -0.1) is 22.7 Å². The number of ether oxygens (including phenoxy) is 1. The van der Waals surface area contributed by atoms with Gasteiger partial charge in [-0.25, -0.2) is 4.98 Å². The van der Waals surface area contributed by atoms with E-state index >= 15 is 0 Å². The lowest BCUT2D eigenvalue weighted by molar-refractivity contribution is -0.123. The molecule has 26 heavy (non-hydrogen) atoms. The number of thiazole rings is 1. The number of benzene rings is 1. The zero-order chi connectivity index (χ0) is 18.4. The molecule has 7 heteroatoms. The summed E-state index contributed by atoms with van der Waals surface area (Å²) >= 11 is 3.34. The first-order valence-corrected chi connectivity index (χ1v) is 9.74. The minimum absolute atomic E-state index is 0.0420. The van der Waals surface area contributed by atoms with Crippen molar-refractivity contribution >= 4 is 28.6 Å². The molecule has 0 saturated heterocycles. The quantitative estimate of drug-likeness (QED) is 0.673. The Morgan fingerprint density at radius 1 is 1.27 bits per heavy atom. The molecule has 5 nitrogen and oxygen atoms in total. The van der Waals surface area contributed by atoms with Gasteiger partial charge in [0.1, 0.15) is 5.75 Å². The van der Waals surface area contributed by atoms with Crippen LogP contribution < -0.4 is 10.1 Å². The summed E-state index contributed by atoms with van der Waals surface area (Å²) in [7, 11) is 0. The van der Waals surface area contributed by atoms with Gasteiger partial charge in [0.15, 0.2) is 6.61 Å². The number of aromatic nitrogens is 1. The number of nitrogens with one attached hydrogen (secondary N) is 1. The molecule has 1 aromatic carbocycles. The molecule has 0 atom stereocenters. The van der Waals surface area contributed by atoms with Gasteiger partial charge in [0.05, 0.1) is 27.2 Å². The van der Waals surface area contributed by atoms with Crippen molar-refractivity contribution in [1.29, 1.82) is 5.26 Å². The SMILES string of the molecule is Cc1nc(-c2ccc(CCNC(=O)COc3ccc(C#N)cc3)s2)cs1. The predicted molar refractivity (Wildman–Crippen MR) is 104 cm³/mol. The highest BCUT2D eigenvalue weighted by Crippen LogP contribution is 2.29. The molecule has 2 heterocycles. The van der Waals surface area contributed by atoms with Crippen molar-refractivity contribution in [1.82, 2.24) is 10.3 Å². The molecule has 3 rings (SSSR count). The van der Waals surface area contributed by atoms with Crippen molar-refractivity contribution in [2.75, 3.05) is 13.2 Å². The van der Waals surface area contributed by atoms with Crippen LogP contribution in [-0.4, -0.2) is 24.0 Å². The van der Waals surface area contributed by atoms with Crippen LogP contribution >= 0.6 is 22.7 Å². The highest BCUT2D eigenvalue weighted by atomic mass is 32.1. The molecule has 0 bridgehead atoms. The second-order valence-corrected chi connectivity index (χ2v) is 7.77. The molecule has 3 aromatic rings. The van der Waals surface area contributed by atoms with E-state index in [1.54, 1.807) is 46.9 Å². The minimum atomic E-state index is -0.165. The fourth-order valence-corrected chi connectivity index (χ4v) is 3.93. The van der Waals surface area contributed by atoms with Gasteiger partial charge in [-0.3, -0.25) is 4.79 Å². The van der Waals surface area contributed by atoms with E-state index in [0.717, 1.165) is 22.0 Å². The van der Waals surface area contributed by atoms with Crippen molar-refractivity contribution in [2.45, 2.75) is 13.3 Å². The Balaban J connectivity index is 1.41. The minimum Gasteiger partial charge on any atom is -0.484 e. The molecule has 0 fully saturated rings. The molecule has 0 aliphatic heterocycles. The van der Waals surface area contributed by atoms with Crippen LogP contribution in [0.3, 0.4) is 0 Å². The van der Waals surface area contributed by atoms with Gasteiger partial charge in [-0.1, -0.05) is 0 Å². The Hall–Kier alpha value is -2.69. The summed E-state index contributed by atoms with van der Waals surface area (Å²) < 4.78 is 5.41. The number of rotatable bonds is 7. The highest BCUT2D eigenvalue weighted by molar-refractivity contribution is 7.16. The summed E-state index contributed by atoms with van der Waals surface area (Å²) in [6.07, 6.45) is 0.774. The topological polar surface area (TPSA) is 75.0 Å². The second-order valence-electron chi connectivity index (χ2n) is 5.54. The normalized spacial score (nSPS) is 10.3. The van der Waals surface area contributed by atoms with E-state index < -0.39 is 0 Å². The highest BCUT2D eigenvalue weighted by Gasteiger charge is 2.07. The predicted octanol–water partition coefficient (Wildman–Crippen LogP) is 3.79.